The van der Waals surface area contributed by atoms with Gasteiger partial charge in [-0.1, -0.05) is 12.5 Å². The second-order valence-corrected chi connectivity index (χ2v) is 9.29. The van der Waals surface area contributed by atoms with Gasteiger partial charge in [-0.15, -0.1) is 0 Å². The normalized spacial score (nSPS) is 18.9. The molecule has 3 aromatic rings. The van der Waals surface area contributed by atoms with Crippen LogP contribution in [0.2, 0.25) is 0 Å². The summed E-state index contributed by atoms with van der Waals surface area (Å²) < 4.78 is 7.59. The van der Waals surface area contributed by atoms with Crippen LogP contribution in [0.25, 0.3) is 16.6 Å². The van der Waals surface area contributed by atoms with E-state index in [2.05, 4.69) is 22.2 Å². The van der Waals surface area contributed by atoms with Gasteiger partial charge in [-0.3, -0.25) is 14.2 Å². The topological polar surface area (TPSA) is 76.5 Å². The molecule has 172 valence electrons. The smallest absolute Gasteiger partial charge is 0.265 e. The maximum Gasteiger partial charge on any atom is 0.265 e. The van der Waals surface area contributed by atoms with Crippen molar-refractivity contribution in [3.05, 3.63) is 64.2 Å². The molecule has 1 atom stereocenters. The van der Waals surface area contributed by atoms with Crippen LogP contribution >= 0.6 is 0 Å². The summed E-state index contributed by atoms with van der Waals surface area (Å²) in [6, 6.07) is 11.6. The van der Waals surface area contributed by atoms with Crippen molar-refractivity contribution in [2.24, 2.45) is 0 Å². The van der Waals surface area contributed by atoms with E-state index in [0.717, 1.165) is 31.4 Å². The van der Waals surface area contributed by atoms with E-state index in [4.69, 9.17) is 4.74 Å². The van der Waals surface area contributed by atoms with Crippen LogP contribution in [0.1, 0.15) is 48.0 Å². The van der Waals surface area contributed by atoms with E-state index < -0.39 is 0 Å². The summed E-state index contributed by atoms with van der Waals surface area (Å²) in [5, 5.41) is 3.50. The van der Waals surface area contributed by atoms with Crippen molar-refractivity contribution in [2.45, 2.75) is 51.1 Å². The fraction of sp³-hybridized carbons (Fsp3) is 0.423. The van der Waals surface area contributed by atoms with E-state index in [1.807, 2.05) is 25.1 Å². The minimum atomic E-state index is -0.178. The third-order valence-corrected chi connectivity index (χ3v) is 6.74. The number of aryl methyl sites for hydroxylation is 1. The Hall–Kier alpha value is -3.19. The van der Waals surface area contributed by atoms with E-state index in [1.165, 1.54) is 23.7 Å². The van der Waals surface area contributed by atoms with Gasteiger partial charge in [-0.2, -0.15) is 0 Å². The molecule has 2 aromatic carbocycles. The van der Waals surface area contributed by atoms with Crippen LogP contribution in [0, 0.1) is 6.92 Å². The number of nitrogens with zero attached hydrogens (tertiary/aromatic N) is 3. The first kappa shape index (κ1) is 21.6. The molecular weight excluding hydrogens is 416 g/mol. The number of hydrogen-bond donors (Lipinski definition) is 1. The molecule has 1 aromatic heterocycles. The number of nitrogens with one attached hydrogen (secondary N) is 1. The summed E-state index contributed by atoms with van der Waals surface area (Å²) in [6.45, 7) is 3.62. The van der Waals surface area contributed by atoms with Crippen molar-refractivity contribution in [1.29, 1.82) is 0 Å². The number of likely N-dealkylation sites (tertiary alicyclic amines) is 1. The fourth-order valence-corrected chi connectivity index (χ4v) is 4.42. The standard InChI is InChI=1S/C26H30N4O3/c1-17-6-7-18(25(31)28-19-8-9-19)13-24(17)30-16-27-23-11-10-21(14-22(23)26(30)32)33-15-20-5-3-4-12-29(20)2/h6-7,10-11,13-14,16,19-20H,3-5,8-9,12,15H2,1-2H3,(H,28,31). The number of piperidine rings is 1. The maximum absolute atomic E-state index is 13.4. The van der Waals surface area contributed by atoms with Crippen molar-refractivity contribution in [3.63, 3.8) is 0 Å². The van der Waals surface area contributed by atoms with Gasteiger partial charge in [0.2, 0.25) is 0 Å². The number of amides is 1. The summed E-state index contributed by atoms with van der Waals surface area (Å²) in [5.41, 5.74) is 2.55. The zero-order valence-electron chi connectivity index (χ0n) is 19.2. The molecule has 0 radical (unpaired) electrons. The number of ether oxygens (including phenoxy) is 1. The first-order valence-electron chi connectivity index (χ1n) is 11.8. The summed E-state index contributed by atoms with van der Waals surface area (Å²) in [5.74, 6) is 0.566. The molecule has 7 nitrogen and oxygen atoms in total. The molecule has 1 unspecified atom stereocenters. The molecule has 1 saturated carbocycles. The second kappa shape index (κ2) is 8.98. The lowest BCUT2D eigenvalue weighted by Crippen LogP contribution is -2.40. The lowest BCUT2D eigenvalue weighted by molar-refractivity contribution is 0.0951. The molecule has 5 rings (SSSR count). The minimum Gasteiger partial charge on any atom is -0.492 e. The monoisotopic (exact) mass is 446 g/mol. The first-order chi connectivity index (χ1) is 16.0. The second-order valence-electron chi connectivity index (χ2n) is 9.29. The van der Waals surface area contributed by atoms with Crippen LogP contribution in [0.4, 0.5) is 0 Å². The van der Waals surface area contributed by atoms with Gasteiger partial charge >= 0.3 is 0 Å². The molecule has 33 heavy (non-hydrogen) atoms. The average molecular weight is 447 g/mol. The Balaban J connectivity index is 1.44. The average Bonchev–Trinajstić information content (AvgIpc) is 3.63. The van der Waals surface area contributed by atoms with Crippen molar-refractivity contribution in [1.82, 2.24) is 19.8 Å². The molecule has 0 spiro atoms. The Kier molecular flexibility index (Phi) is 5.89. The summed E-state index contributed by atoms with van der Waals surface area (Å²) >= 11 is 0. The van der Waals surface area contributed by atoms with Crippen LogP contribution in [0.5, 0.6) is 5.75 Å². The third kappa shape index (κ3) is 4.64. The highest BCUT2D eigenvalue weighted by atomic mass is 16.5. The molecule has 0 bridgehead atoms. The van der Waals surface area contributed by atoms with Crippen LogP contribution in [0.3, 0.4) is 0 Å². The van der Waals surface area contributed by atoms with E-state index >= 15 is 0 Å². The number of aromatic nitrogens is 2. The van der Waals surface area contributed by atoms with Crippen LogP contribution in [-0.4, -0.2) is 52.6 Å². The highest BCUT2D eigenvalue weighted by Gasteiger charge is 2.24. The van der Waals surface area contributed by atoms with E-state index in [9.17, 15) is 9.59 Å². The molecule has 2 fully saturated rings. The predicted octanol–water partition coefficient (Wildman–Crippen LogP) is 3.45. The van der Waals surface area contributed by atoms with Gasteiger partial charge < -0.3 is 15.0 Å². The Morgan fingerprint density at radius 1 is 1.15 bits per heavy atom. The summed E-state index contributed by atoms with van der Waals surface area (Å²) in [6.07, 6.45) is 7.17. The van der Waals surface area contributed by atoms with Crippen molar-refractivity contribution in [3.8, 4) is 11.4 Å². The molecule has 1 amide bonds. The van der Waals surface area contributed by atoms with Gasteiger partial charge in [0.15, 0.2) is 0 Å². The number of rotatable bonds is 6. The molecule has 1 saturated heterocycles. The van der Waals surface area contributed by atoms with E-state index in [-0.39, 0.29) is 17.5 Å². The Labute approximate surface area is 193 Å². The Morgan fingerprint density at radius 2 is 2.00 bits per heavy atom. The third-order valence-electron chi connectivity index (χ3n) is 6.74. The minimum absolute atomic E-state index is 0.107. The lowest BCUT2D eigenvalue weighted by atomic mass is 10.0. The van der Waals surface area contributed by atoms with E-state index in [1.54, 1.807) is 18.2 Å². The van der Waals surface area contributed by atoms with Gasteiger partial charge in [-0.05, 0) is 82.1 Å². The quantitative estimate of drug-likeness (QED) is 0.628. The molecule has 2 heterocycles. The molecule has 1 aliphatic carbocycles. The summed E-state index contributed by atoms with van der Waals surface area (Å²) in [7, 11) is 2.14. The number of likely N-dealkylation sites (N-methyl/N-ethyl adjacent to an activating group) is 1. The number of carbonyl (C=O) groups excluding carboxylic acids is 1. The molecule has 2 aliphatic rings. The highest BCUT2D eigenvalue weighted by molar-refractivity contribution is 5.95. The molecular formula is C26H30N4O3. The van der Waals surface area contributed by atoms with Gasteiger partial charge in [0.25, 0.3) is 11.5 Å². The maximum atomic E-state index is 13.4. The number of fused-ring (bicyclic) bond motifs is 1. The lowest BCUT2D eigenvalue weighted by Gasteiger charge is -2.32. The van der Waals surface area contributed by atoms with Crippen molar-refractivity contribution < 1.29 is 9.53 Å². The highest BCUT2D eigenvalue weighted by Crippen LogP contribution is 2.23. The van der Waals surface area contributed by atoms with E-state index in [0.29, 0.717) is 40.6 Å². The van der Waals surface area contributed by atoms with Crippen LogP contribution in [0.15, 0.2) is 47.5 Å². The van der Waals surface area contributed by atoms with Crippen molar-refractivity contribution >= 4 is 16.8 Å². The Bertz CT molecular complexity index is 1250. The van der Waals surface area contributed by atoms with Gasteiger partial charge in [0.1, 0.15) is 18.7 Å². The van der Waals surface area contributed by atoms with Gasteiger partial charge in [0.05, 0.1) is 16.6 Å². The Morgan fingerprint density at radius 3 is 2.79 bits per heavy atom. The van der Waals surface area contributed by atoms with Crippen molar-refractivity contribution in [2.75, 3.05) is 20.2 Å². The number of benzene rings is 2. The fourth-order valence-electron chi connectivity index (χ4n) is 4.42. The number of hydrogen-bond acceptors (Lipinski definition) is 5. The molecule has 7 heteroatoms. The largest absolute Gasteiger partial charge is 0.492 e. The first-order valence-corrected chi connectivity index (χ1v) is 11.8. The van der Waals surface area contributed by atoms with Gasteiger partial charge in [0, 0.05) is 17.6 Å². The SMILES string of the molecule is Cc1ccc(C(=O)NC2CC2)cc1-n1cnc2ccc(OCC3CCCCN3C)cc2c1=O. The molecule has 1 aliphatic heterocycles. The zero-order valence-corrected chi connectivity index (χ0v) is 19.2. The van der Waals surface area contributed by atoms with Crippen LogP contribution < -0.4 is 15.6 Å². The van der Waals surface area contributed by atoms with Crippen LogP contribution in [-0.2, 0) is 0 Å². The number of carbonyl (C=O) groups is 1. The zero-order chi connectivity index (χ0) is 22.9. The predicted molar refractivity (Wildman–Crippen MR) is 128 cm³/mol. The van der Waals surface area contributed by atoms with Gasteiger partial charge in [-0.25, -0.2) is 4.98 Å². The summed E-state index contributed by atoms with van der Waals surface area (Å²) in [4.78, 5) is 32.8. The molecule has 1 N–H and O–H groups in total.